The molecule has 1 unspecified atom stereocenters. The molecule has 0 bridgehead atoms. The average molecular weight is 366 g/mol. The van der Waals surface area contributed by atoms with Crippen molar-refractivity contribution in [1.82, 2.24) is 10.6 Å². The Morgan fingerprint density at radius 3 is 2.85 bits per heavy atom. The third-order valence-electron chi connectivity index (χ3n) is 4.80. The molecule has 0 radical (unpaired) electrons. The van der Waals surface area contributed by atoms with Crippen LogP contribution in [0.4, 0.5) is 14.5 Å². The van der Waals surface area contributed by atoms with Crippen LogP contribution in [0.5, 0.6) is 5.75 Å². The lowest BCUT2D eigenvalue weighted by molar-refractivity contribution is -0.0495. The third kappa shape index (κ3) is 5.47. The van der Waals surface area contributed by atoms with Gasteiger partial charge in [0, 0.05) is 32.2 Å². The molecule has 1 saturated carbocycles. The Labute approximate surface area is 153 Å². The van der Waals surface area contributed by atoms with Crippen molar-refractivity contribution in [3.05, 3.63) is 24.3 Å². The number of benzene rings is 1. The van der Waals surface area contributed by atoms with E-state index in [0.29, 0.717) is 5.69 Å². The molecule has 2 aliphatic rings. The SMILES string of the molecule is CCNC(=NCCC1CC1)NC1CCN(c2ccccc2OC(F)F)C1. The second-order valence-corrected chi connectivity index (χ2v) is 6.91. The second kappa shape index (κ2) is 9.05. The summed E-state index contributed by atoms with van der Waals surface area (Å²) >= 11 is 0. The number of rotatable bonds is 8. The number of para-hydroxylation sites is 2. The van der Waals surface area contributed by atoms with Crippen molar-refractivity contribution in [2.24, 2.45) is 10.9 Å². The summed E-state index contributed by atoms with van der Waals surface area (Å²) in [5.41, 5.74) is 0.716. The zero-order chi connectivity index (χ0) is 18.4. The van der Waals surface area contributed by atoms with Crippen LogP contribution in [-0.2, 0) is 0 Å². The van der Waals surface area contributed by atoms with Gasteiger partial charge in [-0.25, -0.2) is 0 Å². The topological polar surface area (TPSA) is 48.9 Å². The zero-order valence-electron chi connectivity index (χ0n) is 15.3. The van der Waals surface area contributed by atoms with Gasteiger partial charge in [-0.05, 0) is 37.8 Å². The van der Waals surface area contributed by atoms with Crippen molar-refractivity contribution < 1.29 is 13.5 Å². The minimum Gasteiger partial charge on any atom is -0.433 e. The van der Waals surface area contributed by atoms with Gasteiger partial charge in [0.15, 0.2) is 5.96 Å². The molecule has 0 amide bonds. The Morgan fingerprint density at radius 1 is 1.31 bits per heavy atom. The molecule has 2 fully saturated rings. The zero-order valence-corrected chi connectivity index (χ0v) is 15.3. The Balaban J connectivity index is 1.57. The first-order valence-electron chi connectivity index (χ1n) is 9.49. The van der Waals surface area contributed by atoms with Crippen LogP contribution >= 0.6 is 0 Å². The summed E-state index contributed by atoms with van der Waals surface area (Å²) in [5.74, 6) is 1.94. The molecule has 1 aromatic carbocycles. The highest BCUT2D eigenvalue weighted by atomic mass is 19.3. The number of aliphatic imine (C=N–C) groups is 1. The fourth-order valence-corrected chi connectivity index (χ4v) is 3.29. The maximum atomic E-state index is 12.6. The highest BCUT2D eigenvalue weighted by Gasteiger charge is 2.26. The van der Waals surface area contributed by atoms with E-state index >= 15 is 0 Å². The second-order valence-electron chi connectivity index (χ2n) is 6.91. The maximum absolute atomic E-state index is 12.6. The van der Waals surface area contributed by atoms with E-state index in [0.717, 1.165) is 50.9 Å². The molecule has 2 N–H and O–H groups in total. The summed E-state index contributed by atoms with van der Waals surface area (Å²) in [7, 11) is 0. The highest BCUT2D eigenvalue weighted by Crippen LogP contribution is 2.32. The lowest BCUT2D eigenvalue weighted by Gasteiger charge is -2.22. The van der Waals surface area contributed by atoms with Gasteiger partial charge < -0.3 is 20.3 Å². The molecule has 1 aromatic rings. The number of alkyl halides is 2. The van der Waals surface area contributed by atoms with Crippen molar-refractivity contribution in [3.63, 3.8) is 0 Å². The predicted molar refractivity (Wildman–Crippen MR) is 100 cm³/mol. The van der Waals surface area contributed by atoms with Gasteiger partial charge in [0.2, 0.25) is 0 Å². The average Bonchev–Trinajstić information content (AvgIpc) is 3.32. The lowest BCUT2D eigenvalue weighted by Crippen LogP contribution is -2.44. The molecule has 3 rings (SSSR count). The monoisotopic (exact) mass is 366 g/mol. The van der Waals surface area contributed by atoms with Crippen LogP contribution in [0.2, 0.25) is 0 Å². The summed E-state index contributed by atoms with van der Waals surface area (Å²) in [6.45, 7) is 2.43. The minimum atomic E-state index is -2.81. The quantitative estimate of drug-likeness (QED) is 0.548. The molecule has 5 nitrogen and oxygen atoms in total. The van der Waals surface area contributed by atoms with Crippen LogP contribution in [0.1, 0.15) is 32.6 Å². The van der Waals surface area contributed by atoms with Crippen molar-refractivity contribution in [3.8, 4) is 5.75 Å². The molecule has 26 heavy (non-hydrogen) atoms. The summed E-state index contributed by atoms with van der Waals surface area (Å²) < 4.78 is 29.9. The number of nitrogens with zero attached hydrogens (tertiary/aromatic N) is 2. The predicted octanol–water partition coefficient (Wildman–Crippen LogP) is 3.22. The van der Waals surface area contributed by atoms with Crippen molar-refractivity contribution in [1.29, 1.82) is 0 Å². The fourth-order valence-electron chi connectivity index (χ4n) is 3.29. The Morgan fingerprint density at radius 2 is 2.12 bits per heavy atom. The van der Waals surface area contributed by atoms with Crippen LogP contribution in [0, 0.1) is 5.92 Å². The molecular formula is C19H28F2N4O. The van der Waals surface area contributed by atoms with Crippen LogP contribution in [0.3, 0.4) is 0 Å². The van der Waals surface area contributed by atoms with E-state index in [1.165, 1.54) is 12.8 Å². The van der Waals surface area contributed by atoms with Gasteiger partial charge in [0.25, 0.3) is 0 Å². The molecule has 1 aliphatic carbocycles. The van der Waals surface area contributed by atoms with E-state index in [-0.39, 0.29) is 11.8 Å². The van der Waals surface area contributed by atoms with Gasteiger partial charge in [-0.2, -0.15) is 8.78 Å². The van der Waals surface area contributed by atoms with Gasteiger partial charge in [-0.3, -0.25) is 4.99 Å². The van der Waals surface area contributed by atoms with E-state index in [1.807, 2.05) is 12.1 Å². The van der Waals surface area contributed by atoms with E-state index < -0.39 is 6.61 Å². The molecule has 1 heterocycles. The van der Waals surface area contributed by atoms with Crippen molar-refractivity contribution >= 4 is 11.6 Å². The fraction of sp³-hybridized carbons (Fsp3) is 0.632. The minimum absolute atomic E-state index is 0.230. The summed E-state index contributed by atoms with van der Waals surface area (Å²) in [4.78, 5) is 6.75. The van der Waals surface area contributed by atoms with E-state index in [2.05, 4.69) is 32.2 Å². The van der Waals surface area contributed by atoms with Crippen molar-refractivity contribution in [2.45, 2.75) is 45.3 Å². The van der Waals surface area contributed by atoms with E-state index in [4.69, 9.17) is 0 Å². The van der Waals surface area contributed by atoms with Gasteiger partial charge in [0.1, 0.15) is 5.75 Å². The molecular weight excluding hydrogens is 338 g/mol. The highest BCUT2D eigenvalue weighted by molar-refractivity contribution is 5.80. The molecule has 1 aliphatic heterocycles. The number of halogens is 2. The normalized spacial score (nSPS) is 20.5. The number of anilines is 1. The van der Waals surface area contributed by atoms with Crippen LogP contribution < -0.4 is 20.3 Å². The first-order chi connectivity index (χ1) is 12.7. The third-order valence-corrected chi connectivity index (χ3v) is 4.80. The first kappa shape index (κ1) is 18.7. The Hall–Kier alpha value is -2.05. The Kier molecular flexibility index (Phi) is 6.52. The van der Waals surface area contributed by atoms with Crippen LogP contribution in [-0.4, -0.2) is 44.8 Å². The van der Waals surface area contributed by atoms with Crippen LogP contribution in [0.25, 0.3) is 0 Å². The van der Waals surface area contributed by atoms with Crippen LogP contribution in [0.15, 0.2) is 29.3 Å². The van der Waals surface area contributed by atoms with E-state index in [1.54, 1.807) is 12.1 Å². The molecule has 1 saturated heterocycles. The molecule has 1 atom stereocenters. The molecule has 0 spiro atoms. The molecule has 0 aromatic heterocycles. The first-order valence-corrected chi connectivity index (χ1v) is 9.49. The van der Waals surface area contributed by atoms with Gasteiger partial charge >= 0.3 is 6.61 Å². The number of ether oxygens (including phenoxy) is 1. The van der Waals surface area contributed by atoms with Gasteiger partial charge in [-0.15, -0.1) is 0 Å². The number of hydrogen-bond acceptors (Lipinski definition) is 3. The van der Waals surface area contributed by atoms with E-state index in [9.17, 15) is 8.78 Å². The Bertz CT molecular complexity index is 607. The van der Waals surface area contributed by atoms with Gasteiger partial charge in [0.05, 0.1) is 5.69 Å². The van der Waals surface area contributed by atoms with Gasteiger partial charge in [-0.1, -0.05) is 25.0 Å². The summed E-state index contributed by atoms with van der Waals surface area (Å²) in [5, 5.41) is 6.77. The number of hydrogen-bond donors (Lipinski definition) is 2. The molecule has 144 valence electrons. The summed E-state index contributed by atoms with van der Waals surface area (Å²) in [6, 6.07) is 7.20. The number of guanidine groups is 1. The largest absolute Gasteiger partial charge is 0.433 e. The summed E-state index contributed by atoms with van der Waals surface area (Å²) in [6.07, 6.45) is 4.77. The maximum Gasteiger partial charge on any atom is 0.387 e. The lowest BCUT2D eigenvalue weighted by atomic mass is 10.2. The number of nitrogens with one attached hydrogen (secondary N) is 2. The smallest absolute Gasteiger partial charge is 0.387 e. The standard InChI is InChI=1S/C19H28F2N4O/c1-2-22-19(23-11-9-14-7-8-14)24-15-10-12-25(13-15)16-5-3-4-6-17(16)26-18(20)21/h3-6,14-15,18H,2,7-13H2,1H3,(H2,22,23,24). The van der Waals surface area contributed by atoms with Crippen molar-refractivity contribution in [2.75, 3.05) is 31.1 Å². The molecule has 7 heteroatoms.